The molecule has 0 aliphatic rings. The maximum absolute atomic E-state index is 12.5. The van der Waals surface area contributed by atoms with Crippen LogP contribution in [0.4, 0.5) is 5.69 Å². The standard InChI is InChI=1S/C16H19N3O2/c1-11-14(8-13(17)9-18-11)16(20)19(2)10-12-6-4-5-7-15(12)21-3/h4-9H,10,17H2,1-3H3. The summed E-state index contributed by atoms with van der Waals surface area (Å²) in [6.07, 6.45) is 1.55. The van der Waals surface area contributed by atoms with E-state index in [-0.39, 0.29) is 5.91 Å². The summed E-state index contributed by atoms with van der Waals surface area (Å²) >= 11 is 0. The van der Waals surface area contributed by atoms with Crippen LogP contribution in [0.2, 0.25) is 0 Å². The van der Waals surface area contributed by atoms with Crippen LogP contribution in [-0.2, 0) is 6.54 Å². The van der Waals surface area contributed by atoms with E-state index in [2.05, 4.69) is 4.98 Å². The fourth-order valence-corrected chi connectivity index (χ4v) is 2.13. The SMILES string of the molecule is COc1ccccc1CN(C)C(=O)c1cc(N)cnc1C. The molecule has 0 bridgehead atoms. The molecular formula is C16H19N3O2. The number of carbonyl (C=O) groups excluding carboxylic acids is 1. The normalized spacial score (nSPS) is 10.2. The Labute approximate surface area is 124 Å². The van der Waals surface area contributed by atoms with Crippen molar-refractivity contribution in [1.82, 2.24) is 9.88 Å². The molecule has 0 aliphatic heterocycles. The van der Waals surface area contributed by atoms with Crippen LogP contribution < -0.4 is 10.5 Å². The monoisotopic (exact) mass is 285 g/mol. The number of anilines is 1. The zero-order chi connectivity index (χ0) is 15.4. The predicted molar refractivity (Wildman–Crippen MR) is 82.2 cm³/mol. The van der Waals surface area contributed by atoms with Gasteiger partial charge in [-0.3, -0.25) is 9.78 Å². The quantitative estimate of drug-likeness (QED) is 0.935. The van der Waals surface area contributed by atoms with Crippen LogP contribution in [0.15, 0.2) is 36.5 Å². The van der Waals surface area contributed by atoms with Crippen molar-refractivity contribution in [3.05, 3.63) is 53.3 Å². The number of nitrogens with zero attached hydrogens (tertiary/aromatic N) is 2. The van der Waals surface area contributed by atoms with Crippen molar-refractivity contribution in [1.29, 1.82) is 0 Å². The van der Waals surface area contributed by atoms with Gasteiger partial charge in [0.2, 0.25) is 0 Å². The van der Waals surface area contributed by atoms with Crippen molar-refractivity contribution < 1.29 is 9.53 Å². The number of hydrogen-bond acceptors (Lipinski definition) is 4. The predicted octanol–water partition coefficient (Wildman–Crippen LogP) is 2.25. The molecule has 110 valence electrons. The molecule has 0 fully saturated rings. The molecule has 0 unspecified atom stereocenters. The van der Waals surface area contributed by atoms with E-state index in [4.69, 9.17) is 10.5 Å². The molecule has 21 heavy (non-hydrogen) atoms. The highest BCUT2D eigenvalue weighted by Crippen LogP contribution is 2.20. The number of ether oxygens (including phenoxy) is 1. The van der Waals surface area contributed by atoms with Gasteiger partial charge in [0.15, 0.2) is 0 Å². The van der Waals surface area contributed by atoms with Crippen LogP contribution in [0.5, 0.6) is 5.75 Å². The summed E-state index contributed by atoms with van der Waals surface area (Å²) in [5, 5.41) is 0. The molecule has 0 radical (unpaired) electrons. The van der Waals surface area contributed by atoms with Crippen LogP contribution in [-0.4, -0.2) is 29.9 Å². The first-order valence-electron chi connectivity index (χ1n) is 6.62. The Kier molecular flexibility index (Phi) is 4.42. The van der Waals surface area contributed by atoms with Crippen LogP contribution in [0.1, 0.15) is 21.6 Å². The molecule has 0 aliphatic carbocycles. The van der Waals surface area contributed by atoms with E-state index in [1.165, 1.54) is 0 Å². The van der Waals surface area contributed by atoms with E-state index < -0.39 is 0 Å². The van der Waals surface area contributed by atoms with Gasteiger partial charge in [0, 0.05) is 19.2 Å². The summed E-state index contributed by atoms with van der Waals surface area (Å²) in [6, 6.07) is 9.29. The number of nitrogens with two attached hydrogens (primary N) is 1. The average Bonchev–Trinajstić information content (AvgIpc) is 2.49. The van der Waals surface area contributed by atoms with Gasteiger partial charge in [-0.05, 0) is 19.1 Å². The largest absolute Gasteiger partial charge is 0.496 e. The number of aromatic nitrogens is 1. The number of para-hydroxylation sites is 1. The molecule has 5 heteroatoms. The Morgan fingerprint density at radius 3 is 2.81 bits per heavy atom. The van der Waals surface area contributed by atoms with Gasteiger partial charge >= 0.3 is 0 Å². The summed E-state index contributed by atoms with van der Waals surface area (Å²) in [5.74, 6) is 0.651. The van der Waals surface area contributed by atoms with E-state index in [1.54, 1.807) is 38.2 Å². The van der Waals surface area contributed by atoms with Gasteiger partial charge in [-0.1, -0.05) is 18.2 Å². The molecule has 0 saturated carbocycles. The number of amides is 1. The molecule has 0 spiro atoms. The second-order valence-corrected chi connectivity index (χ2v) is 4.87. The number of nitrogen functional groups attached to an aromatic ring is 1. The van der Waals surface area contributed by atoms with Crippen molar-refractivity contribution in [2.45, 2.75) is 13.5 Å². The van der Waals surface area contributed by atoms with Gasteiger partial charge in [-0.15, -0.1) is 0 Å². The van der Waals surface area contributed by atoms with Crippen molar-refractivity contribution >= 4 is 11.6 Å². The maximum atomic E-state index is 12.5. The molecule has 1 aromatic heterocycles. The van der Waals surface area contributed by atoms with E-state index in [1.807, 2.05) is 24.3 Å². The highest BCUT2D eigenvalue weighted by atomic mass is 16.5. The molecule has 2 N–H and O–H groups in total. The molecule has 0 atom stereocenters. The summed E-state index contributed by atoms with van der Waals surface area (Å²) in [6.45, 7) is 2.25. The molecule has 1 heterocycles. The Hall–Kier alpha value is -2.56. The van der Waals surface area contributed by atoms with E-state index in [0.717, 1.165) is 11.3 Å². The van der Waals surface area contributed by atoms with E-state index in [0.29, 0.717) is 23.5 Å². The summed E-state index contributed by atoms with van der Waals surface area (Å²) in [7, 11) is 3.37. The highest BCUT2D eigenvalue weighted by Gasteiger charge is 2.16. The molecule has 0 saturated heterocycles. The van der Waals surface area contributed by atoms with Crippen LogP contribution in [0, 0.1) is 6.92 Å². The lowest BCUT2D eigenvalue weighted by Crippen LogP contribution is -2.27. The number of rotatable bonds is 4. The number of pyridine rings is 1. The zero-order valence-corrected chi connectivity index (χ0v) is 12.5. The first kappa shape index (κ1) is 14.8. The van der Waals surface area contributed by atoms with Gasteiger partial charge in [-0.25, -0.2) is 0 Å². The van der Waals surface area contributed by atoms with Gasteiger partial charge in [0.05, 0.1) is 30.3 Å². The average molecular weight is 285 g/mol. The van der Waals surface area contributed by atoms with Gasteiger partial charge < -0.3 is 15.4 Å². The zero-order valence-electron chi connectivity index (χ0n) is 12.5. The number of hydrogen-bond donors (Lipinski definition) is 1. The highest BCUT2D eigenvalue weighted by molar-refractivity contribution is 5.95. The van der Waals surface area contributed by atoms with E-state index in [9.17, 15) is 4.79 Å². The summed E-state index contributed by atoms with van der Waals surface area (Å²) < 4.78 is 5.30. The molecule has 1 amide bonds. The first-order chi connectivity index (χ1) is 10.0. The maximum Gasteiger partial charge on any atom is 0.255 e. The fourth-order valence-electron chi connectivity index (χ4n) is 2.13. The minimum atomic E-state index is -0.113. The molecule has 2 rings (SSSR count). The van der Waals surface area contributed by atoms with Crippen molar-refractivity contribution in [2.24, 2.45) is 0 Å². The molecular weight excluding hydrogens is 266 g/mol. The van der Waals surface area contributed by atoms with Gasteiger partial charge in [0.25, 0.3) is 5.91 Å². The lowest BCUT2D eigenvalue weighted by molar-refractivity contribution is 0.0783. The smallest absolute Gasteiger partial charge is 0.255 e. The van der Waals surface area contributed by atoms with Gasteiger partial charge in [-0.2, -0.15) is 0 Å². The summed E-state index contributed by atoms with van der Waals surface area (Å²) in [5.41, 5.74) is 8.33. The molecule has 1 aromatic carbocycles. The minimum absolute atomic E-state index is 0.113. The third-order valence-corrected chi connectivity index (χ3v) is 3.29. The third kappa shape index (κ3) is 3.31. The van der Waals surface area contributed by atoms with Crippen LogP contribution >= 0.6 is 0 Å². The molecule has 5 nitrogen and oxygen atoms in total. The topological polar surface area (TPSA) is 68.5 Å². The Balaban J connectivity index is 2.22. The number of aryl methyl sites for hydroxylation is 1. The van der Waals surface area contributed by atoms with Crippen molar-refractivity contribution in [3.8, 4) is 5.75 Å². The van der Waals surface area contributed by atoms with Crippen LogP contribution in [0.3, 0.4) is 0 Å². The first-order valence-corrected chi connectivity index (χ1v) is 6.62. The number of carbonyl (C=O) groups is 1. The van der Waals surface area contributed by atoms with Gasteiger partial charge in [0.1, 0.15) is 5.75 Å². The Bertz CT molecular complexity index is 656. The second-order valence-electron chi connectivity index (χ2n) is 4.87. The second kappa shape index (κ2) is 6.26. The van der Waals surface area contributed by atoms with Crippen molar-refractivity contribution in [3.63, 3.8) is 0 Å². The Morgan fingerprint density at radius 1 is 1.38 bits per heavy atom. The van der Waals surface area contributed by atoms with Crippen molar-refractivity contribution in [2.75, 3.05) is 19.9 Å². The van der Waals surface area contributed by atoms with E-state index >= 15 is 0 Å². The Morgan fingerprint density at radius 2 is 2.10 bits per heavy atom. The fraction of sp³-hybridized carbons (Fsp3) is 0.250. The van der Waals surface area contributed by atoms with Crippen LogP contribution in [0.25, 0.3) is 0 Å². The summed E-state index contributed by atoms with van der Waals surface area (Å²) in [4.78, 5) is 18.3. The lowest BCUT2D eigenvalue weighted by Gasteiger charge is -2.19. The lowest BCUT2D eigenvalue weighted by atomic mass is 10.1. The number of benzene rings is 1. The third-order valence-electron chi connectivity index (χ3n) is 3.29. The minimum Gasteiger partial charge on any atom is -0.496 e. The number of methoxy groups -OCH3 is 1. The molecule has 2 aromatic rings.